The highest BCUT2D eigenvalue weighted by Crippen LogP contribution is 2.28. The van der Waals surface area contributed by atoms with Gasteiger partial charge in [-0.1, -0.05) is 38.1 Å². The van der Waals surface area contributed by atoms with Crippen LogP contribution < -0.4 is 16.4 Å². The molecule has 2 aromatic carbocycles. The molecule has 0 spiro atoms. The summed E-state index contributed by atoms with van der Waals surface area (Å²) >= 11 is 0. The zero-order valence-corrected chi connectivity index (χ0v) is 18.1. The van der Waals surface area contributed by atoms with Crippen LogP contribution in [0.15, 0.2) is 54.7 Å². The van der Waals surface area contributed by atoms with Gasteiger partial charge < -0.3 is 16.4 Å². The first-order chi connectivity index (χ1) is 15.4. The predicted octanol–water partition coefficient (Wildman–Crippen LogP) is 3.22. The van der Waals surface area contributed by atoms with Crippen LogP contribution in [-0.2, 0) is 4.79 Å². The average Bonchev–Trinajstić information content (AvgIpc) is 3.23. The Kier molecular flexibility index (Phi) is 6.02. The maximum Gasteiger partial charge on any atom is 0.251 e. The molecule has 0 atom stereocenters. The molecule has 8 nitrogen and oxygen atoms in total. The van der Waals surface area contributed by atoms with Gasteiger partial charge in [-0.3, -0.25) is 14.0 Å². The summed E-state index contributed by atoms with van der Waals surface area (Å²) < 4.78 is 2.09. The summed E-state index contributed by atoms with van der Waals surface area (Å²) in [5, 5.41) is 6.11. The number of hydrogen-bond donors (Lipinski definition) is 3. The lowest BCUT2D eigenvalue weighted by molar-refractivity contribution is -0.117. The molecule has 2 heterocycles. The predicted molar refractivity (Wildman–Crippen MR) is 125 cm³/mol. The van der Waals surface area contributed by atoms with Crippen molar-refractivity contribution in [3.05, 3.63) is 60.3 Å². The summed E-state index contributed by atoms with van der Waals surface area (Å²) in [6, 6.07) is 15.3. The van der Waals surface area contributed by atoms with E-state index in [1.807, 2.05) is 42.6 Å². The van der Waals surface area contributed by atoms with Crippen LogP contribution in [0.4, 0.5) is 5.82 Å². The molecule has 2 amide bonds. The van der Waals surface area contributed by atoms with Crippen LogP contribution in [-0.4, -0.2) is 39.3 Å². The zero-order valence-electron chi connectivity index (χ0n) is 18.1. The molecule has 0 fully saturated rings. The van der Waals surface area contributed by atoms with Crippen LogP contribution in [0.25, 0.3) is 27.9 Å². The normalized spacial score (nSPS) is 11.2. The minimum atomic E-state index is -0.447. The standard InChI is InChI=1S/C24H26N6O2/c1-15(2)13-27-22-23-28-14-20(30(23)19-6-4-3-5-18(19)29-22)16-7-9-17(10-8-16)24(32)26-12-11-21(25)31/h3-10,14-15H,11-13H2,1-2H3,(H2,25,31)(H,26,32)(H,27,29). The van der Waals surface area contributed by atoms with E-state index in [1.54, 1.807) is 12.1 Å². The summed E-state index contributed by atoms with van der Waals surface area (Å²) in [4.78, 5) is 32.6. The lowest BCUT2D eigenvalue weighted by Gasteiger charge is -2.13. The van der Waals surface area contributed by atoms with Gasteiger partial charge in [0.15, 0.2) is 11.5 Å². The fourth-order valence-corrected chi connectivity index (χ4v) is 3.50. The summed E-state index contributed by atoms with van der Waals surface area (Å²) in [7, 11) is 0. The van der Waals surface area contributed by atoms with Crippen molar-refractivity contribution in [3.8, 4) is 11.3 Å². The molecule has 0 radical (unpaired) electrons. The maximum absolute atomic E-state index is 12.3. The van der Waals surface area contributed by atoms with Crippen molar-refractivity contribution < 1.29 is 9.59 Å². The Morgan fingerprint density at radius 2 is 1.84 bits per heavy atom. The first kappa shape index (κ1) is 21.3. The Hall–Kier alpha value is -3.94. The lowest BCUT2D eigenvalue weighted by atomic mass is 10.1. The van der Waals surface area contributed by atoms with E-state index in [2.05, 4.69) is 33.9 Å². The molecule has 0 bridgehead atoms. The van der Waals surface area contributed by atoms with Gasteiger partial charge in [-0.05, 0) is 30.2 Å². The number of nitrogens with one attached hydrogen (secondary N) is 2. The summed E-state index contributed by atoms with van der Waals surface area (Å²) in [6.07, 6.45) is 1.94. The molecule has 4 N–H and O–H groups in total. The summed E-state index contributed by atoms with van der Waals surface area (Å²) in [5.41, 5.74) is 10.0. The third-order valence-electron chi connectivity index (χ3n) is 5.11. The number of primary amides is 1. The SMILES string of the molecule is CC(C)CNc1nc2ccccc2n2c(-c3ccc(C(=O)NCCC(N)=O)cc3)cnc12. The van der Waals surface area contributed by atoms with E-state index in [0.29, 0.717) is 11.5 Å². The highest BCUT2D eigenvalue weighted by molar-refractivity contribution is 5.95. The third-order valence-corrected chi connectivity index (χ3v) is 5.11. The van der Waals surface area contributed by atoms with Gasteiger partial charge in [0.2, 0.25) is 5.91 Å². The van der Waals surface area contributed by atoms with Crippen molar-refractivity contribution in [1.82, 2.24) is 19.7 Å². The van der Waals surface area contributed by atoms with E-state index in [4.69, 9.17) is 10.7 Å². The highest BCUT2D eigenvalue weighted by atomic mass is 16.2. The van der Waals surface area contributed by atoms with Crippen LogP contribution in [0, 0.1) is 5.92 Å². The monoisotopic (exact) mass is 430 g/mol. The smallest absolute Gasteiger partial charge is 0.251 e. The number of rotatable bonds is 8. The van der Waals surface area contributed by atoms with Gasteiger partial charge in [-0.25, -0.2) is 9.97 Å². The molecule has 0 saturated heterocycles. The molecule has 0 aliphatic carbocycles. The molecular weight excluding hydrogens is 404 g/mol. The minimum Gasteiger partial charge on any atom is -0.370 e. The van der Waals surface area contributed by atoms with E-state index in [0.717, 1.165) is 40.3 Å². The van der Waals surface area contributed by atoms with Gasteiger partial charge in [0, 0.05) is 30.6 Å². The molecule has 0 saturated carbocycles. The summed E-state index contributed by atoms with van der Waals surface area (Å²) in [6.45, 7) is 5.30. The average molecular weight is 431 g/mol. The number of aromatic nitrogens is 3. The van der Waals surface area contributed by atoms with Crippen molar-refractivity contribution in [3.63, 3.8) is 0 Å². The van der Waals surface area contributed by atoms with Crippen LogP contribution in [0.3, 0.4) is 0 Å². The van der Waals surface area contributed by atoms with Crippen molar-refractivity contribution >= 4 is 34.3 Å². The second kappa shape index (κ2) is 9.05. The zero-order chi connectivity index (χ0) is 22.7. The van der Waals surface area contributed by atoms with Crippen LogP contribution in [0.5, 0.6) is 0 Å². The van der Waals surface area contributed by atoms with Gasteiger partial charge >= 0.3 is 0 Å². The molecule has 32 heavy (non-hydrogen) atoms. The largest absolute Gasteiger partial charge is 0.370 e. The van der Waals surface area contributed by atoms with E-state index >= 15 is 0 Å². The van der Waals surface area contributed by atoms with Crippen LogP contribution in [0.2, 0.25) is 0 Å². The van der Waals surface area contributed by atoms with E-state index in [9.17, 15) is 9.59 Å². The molecule has 4 aromatic rings. The van der Waals surface area contributed by atoms with Crippen LogP contribution in [0.1, 0.15) is 30.6 Å². The van der Waals surface area contributed by atoms with Gasteiger partial charge in [0.05, 0.1) is 22.9 Å². The second-order valence-electron chi connectivity index (χ2n) is 8.08. The van der Waals surface area contributed by atoms with Crippen molar-refractivity contribution in [2.75, 3.05) is 18.4 Å². The molecule has 0 aliphatic heterocycles. The Bertz CT molecular complexity index is 1280. The van der Waals surface area contributed by atoms with Crippen molar-refractivity contribution in [2.45, 2.75) is 20.3 Å². The second-order valence-corrected chi connectivity index (χ2v) is 8.08. The number of fused-ring (bicyclic) bond motifs is 3. The number of carbonyl (C=O) groups is 2. The Balaban J connectivity index is 1.70. The highest BCUT2D eigenvalue weighted by Gasteiger charge is 2.15. The number of carbonyl (C=O) groups excluding carboxylic acids is 2. The topological polar surface area (TPSA) is 114 Å². The van der Waals surface area contributed by atoms with Crippen LogP contribution >= 0.6 is 0 Å². The number of para-hydroxylation sites is 2. The lowest BCUT2D eigenvalue weighted by Crippen LogP contribution is -2.27. The number of amides is 2. The molecule has 8 heteroatoms. The molecule has 4 rings (SSSR count). The van der Waals surface area contributed by atoms with Gasteiger partial charge in [0.25, 0.3) is 5.91 Å². The maximum atomic E-state index is 12.3. The Morgan fingerprint density at radius 3 is 2.56 bits per heavy atom. The number of nitrogens with two attached hydrogens (primary N) is 1. The van der Waals surface area contributed by atoms with Gasteiger partial charge in [-0.2, -0.15) is 0 Å². The first-order valence-corrected chi connectivity index (χ1v) is 10.6. The van der Waals surface area contributed by atoms with Crippen molar-refractivity contribution in [1.29, 1.82) is 0 Å². The van der Waals surface area contributed by atoms with Crippen molar-refractivity contribution in [2.24, 2.45) is 11.7 Å². The quantitative estimate of drug-likeness (QED) is 0.397. The van der Waals surface area contributed by atoms with E-state index < -0.39 is 5.91 Å². The molecule has 0 unspecified atom stereocenters. The Morgan fingerprint density at radius 1 is 1.09 bits per heavy atom. The van der Waals surface area contributed by atoms with Gasteiger partial charge in [0.1, 0.15) is 0 Å². The minimum absolute atomic E-state index is 0.111. The van der Waals surface area contributed by atoms with Gasteiger partial charge in [-0.15, -0.1) is 0 Å². The molecular formula is C24H26N6O2. The summed E-state index contributed by atoms with van der Waals surface area (Å²) in [5.74, 6) is 0.525. The number of benzene rings is 2. The third kappa shape index (κ3) is 4.39. The molecule has 164 valence electrons. The number of imidazole rings is 1. The fourth-order valence-electron chi connectivity index (χ4n) is 3.50. The molecule has 0 aliphatic rings. The Labute approximate surface area is 185 Å². The first-order valence-electron chi connectivity index (χ1n) is 10.6. The number of anilines is 1. The van der Waals surface area contributed by atoms with E-state index in [1.165, 1.54) is 0 Å². The molecule has 2 aromatic heterocycles. The fraction of sp³-hybridized carbons (Fsp3) is 0.250. The number of hydrogen-bond acceptors (Lipinski definition) is 5. The van der Waals surface area contributed by atoms with E-state index in [-0.39, 0.29) is 18.9 Å². The number of nitrogens with zero attached hydrogens (tertiary/aromatic N) is 3.